The van der Waals surface area contributed by atoms with E-state index in [1.165, 1.54) is 24.9 Å². The van der Waals surface area contributed by atoms with Crippen molar-refractivity contribution in [1.29, 1.82) is 0 Å². The van der Waals surface area contributed by atoms with Gasteiger partial charge in [-0.05, 0) is 43.5 Å². The van der Waals surface area contributed by atoms with E-state index in [4.69, 9.17) is 4.74 Å². The van der Waals surface area contributed by atoms with Crippen LogP contribution in [0, 0.1) is 5.92 Å². The van der Waals surface area contributed by atoms with Gasteiger partial charge < -0.3 is 9.64 Å². The first-order chi connectivity index (χ1) is 8.17. The molecule has 0 N–H and O–H groups in total. The first-order valence-electron chi connectivity index (χ1n) is 6.13. The fourth-order valence-corrected chi connectivity index (χ4v) is 3.45. The number of methoxy groups -OCH3 is 1. The van der Waals surface area contributed by atoms with Crippen molar-refractivity contribution in [3.8, 4) is 5.75 Å². The van der Waals surface area contributed by atoms with Crippen LogP contribution in [0.3, 0.4) is 0 Å². The minimum absolute atomic E-state index is 0.762. The highest BCUT2D eigenvalue weighted by atomic mass is 79.9. The Balaban J connectivity index is 1.82. The second kappa shape index (κ2) is 5.87. The molecule has 94 valence electrons. The van der Waals surface area contributed by atoms with Gasteiger partial charge in [0.25, 0.3) is 0 Å². The number of nitrogens with zero attached hydrogens (tertiary/aromatic N) is 1. The fraction of sp³-hybridized carbons (Fsp3) is 0.571. The van der Waals surface area contributed by atoms with Crippen molar-refractivity contribution in [2.45, 2.75) is 24.2 Å². The van der Waals surface area contributed by atoms with Crippen molar-refractivity contribution in [1.82, 2.24) is 4.90 Å². The second-order valence-corrected chi connectivity index (χ2v) is 6.28. The predicted molar refractivity (Wildman–Crippen MR) is 74.8 cm³/mol. The fourth-order valence-electron chi connectivity index (χ4n) is 2.39. The Bertz CT molecular complexity index is 363. The van der Waals surface area contributed by atoms with E-state index < -0.39 is 0 Å². The third-order valence-electron chi connectivity index (χ3n) is 3.33. The van der Waals surface area contributed by atoms with Gasteiger partial charge in [-0.1, -0.05) is 28.1 Å². The molecule has 0 aromatic heterocycles. The molecule has 0 unspecified atom stereocenters. The molecule has 3 heteroatoms. The molecule has 2 nitrogen and oxygen atoms in total. The van der Waals surface area contributed by atoms with Gasteiger partial charge in [0.15, 0.2) is 0 Å². The number of hydrogen-bond acceptors (Lipinski definition) is 2. The summed E-state index contributed by atoms with van der Waals surface area (Å²) in [5, 5.41) is 0. The highest BCUT2D eigenvalue weighted by molar-refractivity contribution is 9.09. The zero-order valence-corrected chi connectivity index (χ0v) is 12.1. The number of hydrogen-bond donors (Lipinski definition) is 0. The van der Waals surface area contributed by atoms with Crippen molar-refractivity contribution >= 4 is 15.9 Å². The molecule has 0 bridgehead atoms. The molecule has 1 aliphatic rings. The van der Waals surface area contributed by atoms with Gasteiger partial charge in [0.05, 0.1) is 7.11 Å². The number of ether oxygens (including phenoxy) is 1. The van der Waals surface area contributed by atoms with E-state index in [1.54, 1.807) is 7.11 Å². The Kier molecular flexibility index (Phi) is 4.46. The molecular formula is C14H20BrNO. The molecule has 1 aromatic rings. The average molecular weight is 298 g/mol. The summed E-state index contributed by atoms with van der Waals surface area (Å²) in [6, 6.07) is 8.32. The molecule has 0 saturated heterocycles. The number of alkyl halides is 1. The first-order valence-corrected chi connectivity index (χ1v) is 7.04. The van der Waals surface area contributed by atoms with Crippen LogP contribution in [0.15, 0.2) is 24.3 Å². The molecule has 1 aliphatic carbocycles. The summed E-state index contributed by atoms with van der Waals surface area (Å²) in [6.07, 6.45) is 2.64. The summed E-state index contributed by atoms with van der Waals surface area (Å²) in [6.45, 7) is 2.19. The molecule has 0 heterocycles. The Morgan fingerprint density at radius 3 is 2.82 bits per heavy atom. The van der Waals surface area contributed by atoms with Gasteiger partial charge in [-0.25, -0.2) is 0 Å². The van der Waals surface area contributed by atoms with Crippen LogP contribution in [-0.2, 0) is 6.54 Å². The van der Waals surface area contributed by atoms with E-state index in [2.05, 4.69) is 46.1 Å². The number of benzene rings is 1. The van der Waals surface area contributed by atoms with E-state index in [-0.39, 0.29) is 0 Å². The lowest BCUT2D eigenvalue weighted by Crippen LogP contribution is -2.34. The molecule has 1 aromatic carbocycles. The van der Waals surface area contributed by atoms with Gasteiger partial charge in [-0.15, -0.1) is 0 Å². The normalized spacial score (nSPS) is 23.5. The van der Waals surface area contributed by atoms with Crippen LogP contribution >= 0.6 is 15.9 Å². The highest BCUT2D eigenvalue weighted by Crippen LogP contribution is 2.33. The molecule has 2 rings (SSSR count). The highest BCUT2D eigenvalue weighted by Gasteiger charge is 2.27. The topological polar surface area (TPSA) is 12.5 Å². The Hall–Kier alpha value is -0.540. The standard InChI is InChI=1S/C14H20BrNO/c1-16(10-12-6-13(15)7-12)9-11-4-3-5-14(8-11)17-2/h3-5,8,12-13H,6-7,9-10H2,1-2H3. The summed E-state index contributed by atoms with van der Waals surface area (Å²) >= 11 is 3.64. The zero-order valence-electron chi connectivity index (χ0n) is 10.5. The SMILES string of the molecule is COc1cccc(CN(C)CC2CC(Br)C2)c1. The molecule has 0 spiro atoms. The van der Waals surface area contributed by atoms with Crippen molar-refractivity contribution in [3.05, 3.63) is 29.8 Å². The van der Waals surface area contributed by atoms with Crippen LogP contribution in [0.1, 0.15) is 18.4 Å². The van der Waals surface area contributed by atoms with E-state index >= 15 is 0 Å². The van der Waals surface area contributed by atoms with Crippen molar-refractivity contribution in [2.75, 3.05) is 20.7 Å². The quantitative estimate of drug-likeness (QED) is 0.773. The van der Waals surface area contributed by atoms with Crippen LogP contribution in [-0.4, -0.2) is 30.4 Å². The zero-order chi connectivity index (χ0) is 12.3. The molecule has 0 radical (unpaired) electrons. The minimum atomic E-state index is 0.762. The summed E-state index contributed by atoms with van der Waals surface area (Å²) in [5.74, 6) is 1.81. The average Bonchev–Trinajstić information content (AvgIpc) is 2.27. The molecule has 1 saturated carbocycles. The number of halogens is 1. The number of rotatable bonds is 5. The van der Waals surface area contributed by atoms with E-state index in [0.29, 0.717) is 0 Å². The summed E-state index contributed by atoms with van der Waals surface area (Å²) in [5.41, 5.74) is 1.32. The van der Waals surface area contributed by atoms with Crippen molar-refractivity contribution < 1.29 is 4.74 Å². The summed E-state index contributed by atoms with van der Waals surface area (Å²) in [7, 11) is 3.91. The Morgan fingerprint density at radius 1 is 1.41 bits per heavy atom. The lowest BCUT2D eigenvalue weighted by atomic mass is 9.85. The predicted octanol–water partition coefficient (Wildman–Crippen LogP) is 3.30. The Labute approximate surface area is 112 Å². The van der Waals surface area contributed by atoms with Crippen LogP contribution in [0.25, 0.3) is 0 Å². The van der Waals surface area contributed by atoms with Crippen LogP contribution in [0.5, 0.6) is 5.75 Å². The minimum Gasteiger partial charge on any atom is -0.497 e. The summed E-state index contributed by atoms with van der Waals surface area (Å²) in [4.78, 5) is 3.16. The Morgan fingerprint density at radius 2 is 2.18 bits per heavy atom. The maximum absolute atomic E-state index is 5.24. The van der Waals surface area contributed by atoms with E-state index in [0.717, 1.165) is 23.0 Å². The largest absolute Gasteiger partial charge is 0.497 e. The van der Waals surface area contributed by atoms with E-state index in [1.807, 2.05) is 6.07 Å². The lowest BCUT2D eigenvalue weighted by molar-refractivity contribution is 0.208. The van der Waals surface area contributed by atoms with Crippen LogP contribution in [0.2, 0.25) is 0 Å². The van der Waals surface area contributed by atoms with E-state index in [9.17, 15) is 0 Å². The third kappa shape index (κ3) is 3.71. The summed E-state index contributed by atoms with van der Waals surface area (Å²) < 4.78 is 5.24. The van der Waals surface area contributed by atoms with Gasteiger partial charge in [0.2, 0.25) is 0 Å². The third-order valence-corrected chi connectivity index (χ3v) is 4.08. The van der Waals surface area contributed by atoms with Gasteiger partial charge in [0.1, 0.15) is 5.75 Å². The lowest BCUT2D eigenvalue weighted by Gasteiger charge is -2.34. The van der Waals surface area contributed by atoms with Crippen LogP contribution < -0.4 is 4.74 Å². The van der Waals surface area contributed by atoms with Crippen LogP contribution in [0.4, 0.5) is 0 Å². The van der Waals surface area contributed by atoms with Gasteiger partial charge in [-0.2, -0.15) is 0 Å². The monoisotopic (exact) mass is 297 g/mol. The molecular weight excluding hydrogens is 278 g/mol. The molecule has 1 fully saturated rings. The van der Waals surface area contributed by atoms with Gasteiger partial charge in [-0.3, -0.25) is 0 Å². The van der Waals surface area contributed by atoms with Gasteiger partial charge >= 0.3 is 0 Å². The maximum atomic E-state index is 5.24. The smallest absolute Gasteiger partial charge is 0.119 e. The molecule has 0 atom stereocenters. The first kappa shape index (κ1) is 12.9. The molecule has 0 amide bonds. The van der Waals surface area contributed by atoms with Crippen molar-refractivity contribution in [3.63, 3.8) is 0 Å². The van der Waals surface area contributed by atoms with Gasteiger partial charge in [0, 0.05) is 17.9 Å². The maximum Gasteiger partial charge on any atom is 0.119 e. The second-order valence-electron chi connectivity index (χ2n) is 4.98. The molecule has 0 aliphatic heterocycles. The molecule has 17 heavy (non-hydrogen) atoms. The van der Waals surface area contributed by atoms with Crippen molar-refractivity contribution in [2.24, 2.45) is 5.92 Å².